The third-order valence-corrected chi connectivity index (χ3v) is 3.10. The first-order chi connectivity index (χ1) is 9.90. The highest BCUT2D eigenvalue weighted by Gasteiger charge is 2.17. The summed E-state index contributed by atoms with van der Waals surface area (Å²) in [7, 11) is 5.52. The van der Waals surface area contributed by atoms with Crippen molar-refractivity contribution in [3.8, 4) is 0 Å². The maximum Gasteiger partial charge on any atom is 0.317 e. The lowest BCUT2D eigenvalue weighted by molar-refractivity contribution is -0.138. The van der Waals surface area contributed by atoms with Crippen LogP contribution >= 0.6 is 0 Å². The van der Waals surface area contributed by atoms with Crippen molar-refractivity contribution >= 4 is 17.6 Å². The maximum absolute atomic E-state index is 12.3. The lowest BCUT2D eigenvalue weighted by Gasteiger charge is -2.25. The van der Waals surface area contributed by atoms with E-state index in [-0.39, 0.29) is 19.0 Å². The lowest BCUT2D eigenvalue weighted by atomic mass is 10.3. The van der Waals surface area contributed by atoms with Crippen molar-refractivity contribution in [1.82, 2.24) is 9.80 Å². The van der Waals surface area contributed by atoms with Gasteiger partial charge in [0.1, 0.15) is 0 Å². The number of anilines is 1. The smallest absolute Gasteiger partial charge is 0.317 e. The highest BCUT2D eigenvalue weighted by atomic mass is 16.4. The molecule has 0 unspecified atom stereocenters. The number of nitrogens with zero attached hydrogens (tertiary/aromatic N) is 3. The summed E-state index contributed by atoms with van der Waals surface area (Å²) >= 11 is 0. The molecule has 0 spiro atoms. The zero-order valence-corrected chi connectivity index (χ0v) is 12.8. The molecule has 0 aliphatic carbocycles. The predicted octanol–water partition coefficient (Wildman–Crippen LogP) is 0.598. The topological polar surface area (TPSA) is 64.1 Å². The van der Waals surface area contributed by atoms with Gasteiger partial charge >= 0.3 is 5.97 Å². The highest BCUT2D eigenvalue weighted by Crippen LogP contribution is 2.11. The van der Waals surface area contributed by atoms with Gasteiger partial charge in [0.25, 0.3) is 0 Å². The van der Waals surface area contributed by atoms with Crippen LogP contribution in [0.3, 0.4) is 0 Å². The van der Waals surface area contributed by atoms with Gasteiger partial charge in [-0.3, -0.25) is 14.5 Å². The average molecular weight is 293 g/mol. The Hall–Kier alpha value is -1.92. The van der Waals surface area contributed by atoms with Crippen LogP contribution in [-0.2, 0) is 9.59 Å². The summed E-state index contributed by atoms with van der Waals surface area (Å²) < 4.78 is 0. The van der Waals surface area contributed by atoms with Crippen LogP contribution < -0.4 is 4.90 Å². The van der Waals surface area contributed by atoms with Gasteiger partial charge in [-0.1, -0.05) is 18.2 Å². The molecule has 0 heterocycles. The number of likely N-dealkylation sites (N-methyl/N-ethyl adjacent to an activating group) is 2. The predicted molar refractivity (Wildman–Crippen MR) is 82.5 cm³/mol. The summed E-state index contributed by atoms with van der Waals surface area (Å²) in [6, 6.07) is 9.30. The van der Waals surface area contributed by atoms with Crippen molar-refractivity contribution in [2.75, 3.05) is 52.2 Å². The van der Waals surface area contributed by atoms with E-state index in [0.29, 0.717) is 13.1 Å². The molecule has 0 saturated heterocycles. The number of hydrogen-bond acceptors (Lipinski definition) is 4. The minimum absolute atomic E-state index is 0.0888. The standard InChI is InChI=1S/C15H23N3O3/c1-16(2)9-10-18(12-15(20)21)11-14(19)17(3)13-7-5-4-6-8-13/h4-8H,9-12H2,1-3H3,(H,20,21). The first-order valence-electron chi connectivity index (χ1n) is 6.80. The molecule has 21 heavy (non-hydrogen) atoms. The summed E-state index contributed by atoms with van der Waals surface area (Å²) in [6.07, 6.45) is 0. The van der Waals surface area contributed by atoms with Crippen LogP contribution in [-0.4, -0.2) is 74.1 Å². The van der Waals surface area contributed by atoms with E-state index >= 15 is 0 Å². The Labute approximate surface area is 125 Å². The SMILES string of the molecule is CN(C)CCN(CC(=O)O)CC(=O)N(C)c1ccccc1. The maximum atomic E-state index is 12.3. The van der Waals surface area contributed by atoms with Crippen LogP contribution in [0.1, 0.15) is 0 Å². The van der Waals surface area contributed by atoms with Gasteiger partial charge in [0.05, 0.1) is 13.1 Å². The van der Waals surface area contributed by atoms with Crippen molar-refractivity contribution in [1.29, 1.82) is 0 Å². The number of carbonyl (C=O) groups excluding carboxylic acids is 1. The average Bonchev–Trinajstić information content (AvgIpc) is 2.44. The van der Waals surface area contributed by atoms with Crippen LogP contribution in [0.2, 0.25) is 0 Å². The van der Waals surface area contributed by atoms with E-state index in [2.05, 4.69) is 0 Å². The molecule has 1 N–H and O–H groups in total. The molecule has 1 rings (SSSR count). The van der Waals surface area contributed by atoms with Gasteiger partial charge in [-0.15, -0.1) is 0 Å². The van der Waals surface area contributed by atoms with Crippen LogP contribution in [0, 0.1) is 0 Å². The zero-order valence-electron chi connectivity index (χ0n) is 12.8. The third kappa shape index (κ3) is 6.37. The fraction of sp³-hybridized carbons (Fsp3) is 0.467. The van der Waals surface area contributed by atoms with Crippen molar-refractivity contribution in [3.63, 3.8) is 0 Å². The zero-order chi connectivity index (χ0) is 15.8. The quantitative estimate of drug-likeness (QED) is 0.760. The first-order valence-corrected chi connectivity index (χ1v) is 6.80. The van der Waals surface area contributed by atoms with Gasteiger partial charge in [-0.25, -0.2) is 0 Å². The molecule has 0 saturated carbocycles. The van der Waals surface area contributed by atoms with Gasteiger partial charge in [-0.2, -0.15) is 0 Å². The largest absolute Gasteiger partial charge is 0.480 e. The molecule has 1 aromatic carbocycles. The number of carboxylic acids is 1. The molecule has 0 fully saturated rings. The van der Waals surface area contributed by atoms with E-state index in [9.17, 15) is 9.59 Å². The van der Waals surface area contributed by atoms with E-state index in [1.807, 2.05) is 49.3 Å². The number of rotatable bonds is 8. The molecule has 0 aliphatic rings. The molecule has 116 valence electrons. The van der Waals surface area contributed by atoms with Gasteiger partial charge in [-0.05, 0) is 26.2 Å². The molecular weight excluding hydrogens is 270 g/mol. The van der Waals surface area contributed by atoms with E-state index in [1.165, 1.54) is 0 Å². The van der Waals surface area contributed by atoms with Crippen molar-refractivity contribution < 1.29 is 14.7 Å². The Balaban J connectivity index is 2.64. The number of hydrogen-bond donors (Lipinski definition) is 1. The number of carboxylic acid groups (broad SMARTS) is 1. The van der Waals surface area contributed by atoms with Gasteiger partial charge in [0.2, 0.25) is 5.91 Å². The molecule has 6 nitrogen and oxygen atoms in total. The Kier molecular flexibility index (Phi) is 6.84. The number of carbonyl (C=O) groups is 2. The second-order valence-electron chi connectivity index (χ2n) is 5.20. The number of aliphatic carboxylic acids is 1. The Morgan fingerprint density at radius 2 is 1.62 bits per heavy atom. The van der Waals surface area contributed by atoms with Crippen LogP contribution in [0.5, 0.6) is 0 Å². The monoisotopic (exact) mass is 293 g/mol. The van der Waals surface area contributed by atoms with Gasteiger partial charge < -0.3 is 14.9 Å². The van der Waals surface area contributed by atoms with E-state index < -0.39 is 5.97 Å². The van der Waals surface area contributed by atoms with E-state index in [0.717, 1.165) is 5.69 Å². The minimum Gasteiger partial charge on any atom is -0.480 e. The molecule has 1 aromatic rings. The molecular formula is C15H23N3O3. The van der Waals surface area contributed by atoms with E-state index in [1.54, 1.807) is 16.8 Å². The van der Waals surface area contributed by atoms with Gasteiger partial charge in [0.15, 0.2) is 0 Å². The third-order valence-electron chi connectivity index (χ3n) is 3.10. The highest BCUT2D eigenvalue weighted by molar-refractivity contribution is 5.94. The lowest BCUT2D eigenvalue weighted by Crippen LogP contribution is -2.43. The summed E-state index contributed by atoms with van der Waals surface area (Å²) in [5, 5.41) is 8.94. The first kappa shape index (κ1) is 17.1. The van der Waals surface area contributed by atoms with Crippen LogP contribution in [0.25, 0.3) is 0 Å². The second-order valence-corrected chi connectivity index (χ2v) is 5.20. The number of benzene rings is 1. The van der Waals surface area contributed by atoms with Crippen molar-refractivity contribution in [2.45, 2.75) is 0 Å². The minimum atomic E-state index is -0.927. The molecule has 0 bridgehead atoms. The van der Waals surface area contributed by atoms with Crippen LogP contribution in [0.4, 0.5) is 5.69 Å². The fourth-order valence-electron chi connectivity index (χ4n) is 1.84. The van der Waals surface area contributed by atoms with Crippen molar-refractivity contribution in [3.05, 3.63) is 30.3 Å². The summed E-state index contributed by atoms with van der Waals surface area (Å²) in [6.45, 7) is 1.19. The van der Waals surface area contributed by atoms with E-state index in [4.69, 9.17) is 5.11 Å². The second kappa shape index (κ2) is 8.39. The number of amides is 1. The Morgan fingerprint density at radius 3 is 2.14 bits per heavy atom. The van der Waals surface area contributed by atoms with Crippen LogP contribution in [0.15, 0.2) is 30.3 Å². The number of para-hydroxylation sites is 1. The summed E-state index contributed by atoms with van der Waals surface area (Å²) in [4.78, 5) is 28.3. The fourth-order valence-corrected chi connectivity index (χ4v) is 1.84. The van der Waals surface area contributed by atoms with Gasteiger partial charge in [0, 0.05) is 25.8 Å². The molecule has 1 amide bonds. The Morgan fingerprint density at radius 1 is 1.00 bits per heavy atom. The molecule has 6 heteroatoms. The normalized spacial score (nSPS) is 10.9. The molecule has 0 aliphatic heterocycles. The Bertz CT molecular complexity index is 462. The van der Waals surface area contributed by atoms with Crippen molar-refractivity contribution in [2.24, 2.45) is 0 Å². The molecule has 0 aromatic heterocycles. The summed E-state index contributed by atoms with van der Waals surface area (Å²) in [5.41, 5.74) is 0.797. The summed E-state index contributed by atoms with van der Waals surface area (Å²) in [5.74, 6) is -1.05. The molecule has 0 radical (unpaired) electrons. The molecule has 0 atom stereocenters.